The summed E-state index contributed by atoms with van der Waals surface area (Å²) in [5.74, 6) is 0.0524. The Hall–Kier alpha value is -2.87. The summed E-state index contributed by atoms with van der Waals surface area (Å²) >= 11 is 0. The summed E-state index contributed by atoms with van der Waals surface area (Å²) in [6, 6.07) is 10.8. The molecule has 1 saturated heterocycles. The maximum Gasteiger partial charge on any atom is 0.275 e. The van der Waals surface area contributed by atoms with Crippen molar-refractivity contribution in [3.63, 3.8) is 0 Å². The number of non-ortho nitro benzene ring substituents is 1. The van der Waals surface area contributed by atoms with Crippen LogP contribution in [0.5, 0.6) is 0 Å². The van der Waals surface area contributed by atoms with Gasteiger partial charge < -0.3 is 20.1 Å². The first kappa shape index (κ1) is 18.9. The minimum absolute atomic E-state index is 0.0524. The van der Waals surface area contributed by atoms with Crippen LogP contribution in [0.15, 0.2) is 42.6 Å². The molecule has 1 aliphatic rings. The Balaban J connectivity index is 1.40. The molecule has 8 heteroatoms. The van der Waals surface area contributed by atoms with Crippen molar-refractivity contribution < 1.29 is 14.6 Å². The Bertz CT molecular complexity index is 787. The third kappa shape index (κ3) is 4.85. The topological polar surface area (TPSA) is 93.6 Å². The first-order valence-electron chi connectivity index (χ1n) is 9.25. The Morgan fingerprint density at radius 1 is 1.30 bits per heavy atom. The molecule has 2 aromatic rings. The van der Waals surface area contributed by atoms with E-state index < -0.39 is 4.92 Å². The molecule has 0 bridgehead atoms. The highest BCUT2D eigenvalue weighted by Gasteiger charge is 2.32. The molecule has 2 heterocycles. The zero-order chi connectivity index (χ0) is 19.2. The molecule has 3 rings (SSSR count). The number of aryl methyl sites for hydroxylation is 1. The Morgan fingerprint density at radius 2 is 2.07 bits per heavy atom. The summed E-state index contributed by atoms with van der Waals surface area (Å²) in [7, 11) is 2.05. The third-order valence-electron chi connectivity index (χ3n) is 5.07. The molecule has 1 fully saturated rings. The van der Waals surface area contributed by atoms with Crippen molar-refractivity contribution in [2.24, 2.45) is 7.05 Å². The van der Waals surface area contributed by atoms with Crippen molar-refractivity contribution in [3.05, 3.63) is 58.4 Å². The van der Waals surface area contributed by atoms with Crippen LogP contribution in [0.4, 0.5) is 11.4 Å². The Morgan fingerprint density at radius 3 is 2.74 bits per heavy atom. The Kier molecular flexibility index (Phi) is 6.08. The van der Waals surface area contributed by atoms with Gasteiger partial charge in [-0.05, 0) is 24.3 Å². The van der Waals surface area contributed by atoms with Gasteiger partial charge in [-0.1, -0.05) is 0 Å². The summed E-state index contributed by atoms with van der Waals surface area (Å²) in [6.45, 7) is 2.58. The van der Waals surface area contributed by atoms with E-state index >= 15 is 0 Å². The van der Waals surface area contributed by atoms with Crippen molar-refractivity contribution in [1.29, 1.82) is 0 Å². The molecule has 3 N–H and O–H groups in total. The van der Waals surface area contributed by atoms with Crippen molar-refractivity contribution in [2.45, 2.75) is 18.9 Å². The number of rotatable bonds is 8. The molecule has 1 unspecified atom stereocenters. The number of aromatic nitrogens is 1. The van der Waals surface area contributed by atoms with Crippen LogP contribution in [0.1, 0.15) is 24.6 Å². The SMILES string of the molecule is Cn1cccc1[C@@H]1CCC[NH+]1CC(=O)NCCNc1ccc([N+](=O)[O-])cc1. The number of nitrogens with zero attached hydrogens (tertiary/aromatic N) is 2. The molecule has 0 spiro atoms. The lowest BCUT2D eigenvalue weighted by atomic mass is 10.1. The van der Waals surface area contributed by atoms with Crippen LogP contribution in [-0.4, -0.2) is 41.6 Å². The third-order valence-corrected chi connectivity index (χ3v) is 5.07. The highest BCUT2D eigenvalue weighted by molar-refractivity contribution is 5.76. The molecule has 1 aliphatic heterocycles. The van der Waals surface area contributed by atoms with Crippen molar-refractivity contribution >= 4 is 17.3 Å². The fraction of sp³-hybridized carbons (Fsp3) is 0.421. The number of amides is 1. The second-order valence-electron chi connectivity index (χ2n) is 6.90. The molecular formula is C19H26N5O3+. The van der Waals surface area contributed by atoms with E-state index in [1.807, 2.05) is 0 Å². The molecule has 1 amide bonds. The van der Waals surface area contributed by atoms with Gasteiger partial charge in [0.1, 0.15) is 6.04 Å². The van der Waals surface area contributed by atoms with E-state index in [0.29, 0.717) is 25.7 Å². The number of hydrogen-bond acceptors (Lipinski definition) is 4. The quantitative estimate of drug-likeness (QED) is 0.364. The van der Waals surface area contributed by atoms with Crippen LogP contribution in [-0.2, 0) is 11.8 Å². The molecule has 8 nitrogen and oxygen atoms in total. The molecule has 27 heavy (non-hydrogen) atoms. The van der Waals surface area contributed by atoms with Gasteiger partial charge >= 0.3 is 0 Å². The smallest absolute Gasteiger partial charge is 0.275 e. The van der Waals surface area contributed by atoms with Gasteiger partial charge in [-0.3, -0.25) is 14.9 Å². The van der Waals surface area contributed by atoms with E-state index in [-0.39, 0.29) is 11.6 Å². The highest BCUT2D eigenvalue weighted by atomic mass is 16.6. The predicted octanol–water partition coefficient (Wildman–Crippen LogP) is 0.881. The van der Waals surface area contributed by atoms with Crippen LogP contribution in [0, 0.1) is 10.1 Å². The van der Waals surface area contributed by atoms with E-state index in [0.717, 1.165) is 25.1 Å². The minimum Gasteiger partial charge on any atom is -0.383 e. The van der Waals surface area contributed by atoms with Crippen LogP contribution in [0.3, 0.4) is 0 Å². The number of carbonyl (C=O) groups is 1. The maximum atomic E-state index is 12.3. The van der Waals surface area contributed by atoms with E-state index in [1.54, 1.807) is 12.1 Å². The molecule has 0 radical (unpaired) electrons. The van der Waals surface area contributed by atoms with Crippen molar-refractivity contribution in [2.75, 3.05) is 31.5 Å². The first-order valence-corrected chi connectivity index (χ1v) is 9.25. The van der Waals surface area contributed by atoms with E-state index in [1.165, 1.54) is 22.7 Å². The van der Waals surface area contributed by atoms with Gasteiger partial charge in [0, 0.05) is 57.0 Å². The number of benzene rings is 1. The van der Waals surface area contributed by atoms with E-state index in [4.69, 9.17) is 0 Å². The molecular weight excluding hydrogens is 346 g/mol. The van der Waals surface area contributed by atoms with Crippen LogP contribution in [0.25, 0.3) is 0 Å². The molecule has 2 atom stereocenters. The summed E-state index contributed by atoms with van der Waals surface area (Å²) in [6.07, 6.45) is 4.30. The lowest BCUT2D eigenvalue weighted by Crippen LogP contribution is -3.11. The zero-order valence-corrected chi connectivity index (χ0v) is 15.5. The van der Waals surface area contributed by atoms with E-state index in [9.17, 15) is 14.9 Å². The predicted molar refractivity (Wildman–Crippen MR) is 103 cm³/mol. The summed E-state index contributed by atoms with van der Waals surface area (Å²) in [5.41, 5.74) is 2.15. The summed E-state index contributed by atoms with van der Waals surface area (Å²) in [5, 5.41) is 16.7. The first-order chi connectivity index (χ1) is 13.0. The number of nitro benzene ring substituents is 1. The largest absolute Gasteiger partial charge is 0.383 e. The lowest BCUT2D eigenvalue weighted by molar-refractivity contribution is -0.911. The van der Waals surface area contributed by atoms with Gasteiger partial charge in [-0.25, -0.2) is 0 Å². The second kappa shape index (κ2) is 8.68. The van der Waals surface area contributed by atoms with Crippen LogP contribution < -0.4 is 15.5 Å². The number of anilines is 1. The van der Waals surface area contributed by atoms with Gasteiger partial charge in [-0.15, -0.1) is 0 Å². The van der Waals surface area contributed by atoms with Gasteiger partial charge in [0.25, 0.3) is 11.6 Å². The fourth-order valence-corrected chi connectivity index (χ4v) is 3.70. The van der Waals surface area contributed by atoms with E-state index in [2.05, 4.69) is 40.6 Å². The molecule has 0 saturated carbocycles. The van der Waals surface area contributed by atoms with Gasteiger partial charge in [0.15, 0.2) is 6.54 Å². The summed E-state index contributed by atoms with van der Waals surface area (Å²) < 4.78 is 2.14. The molecule has 0 aliphatic carbocycles. The Labute approximate surface area is 158 Å². The van der Waals surface area contributed by atoms with Crippen molar-refractivity contribution in [1.82, 2.24) is 9.88 Å². The highest BCUT2D eigenvalue weighted by Crippen LogP contribution is 2.18. The van der Waals surface area contributed by atoms with Crippen LogP contribution in [0.2, 0.25) is 0 Å². The normalized spacial score (nSPS) is 19.0. The average molecular weight is 372 g/mol. The number of quaternary nitrogens is 1. The molecule has 144 valence electrons. The number of nitrogens with one attached hydrogen (secondary N) is 3. The maximum absolute atomic E-state index is 12.3. The van der Waals surface area contributed by atoms with Crippen LogP contribution >= 0.6 is 0 Å². The molecule has 1 aromatic carbocycles. The number of likely N-dealkylation sites (tertiary alicyclic amines) is 1. The summed E-state index contributed by atoms with van der Waals surface area (Å²) in [4.78, 5) is 23.8. The van der Waals surface area contributed by atoms with Gasteiger partial charge in [0.2, 0.25) is 0 Å². The van der Waals surface area contributed by atoms with Gasteiger partial charge in [0.05, 0.1) is 17.2 Å². The van der Waals surface area contributed by atoms with Gasteiger partial charge in [-0.2, -0.15) is 0 Å². The fourth-order valence-electron chi connectivity index (χ4n) is 3.70. The molecule has 1 aromatic heterocycles. The lowest BCUT2D eigenvalue weighted by Gasteiger charge is -2.21. The number of hydrogen-bond donors (Lipinski definition) is 3. The number of nitro groups is 1. The standard InChI is InChI=1S/C19H25N5O3/c1-22-12-2-4-17(22)18-5-3-13-23(18)14-19(25)21-11-10-20-15-6-8-16(9-7-15)24(26)27/h2,4,6-9,12,18,20H,3,5,10-11,13-14H2,1H3,(H,21,25)/p+1/t18-/m0/s1. The second-order valence-corrected chi connectivity index (χ2v) is 6.90. The average Bonchev–Trinajstić information content (AvgIpc) is 3.27. The monoisotopic (exact) mass is 372 g/mol. The van der Waals surface area contributed by atoms with Crippen molar-refractivity contribution in [3.8, 4) is 0 Å². The zero-order valence-electron chi connectivity index (χ0n) is 15.5. The number of carbonyl (C=O) groups excluding carboxylic acids is 1. The minimum atomic E-state index is -0.423.